The number of carboxylic acids is 1. The molecule has 1 rings (SSSR count). The molecule has 1 saturated carbocycles. The summed E-state index contributed by atoms with van der Waals surface area (Å²) in [5.74, 6) is -0.600. The number of carboxylic acid groups (broad SMARTS) is 1. The van der Waals surface area contributed by atoms with Gasteiger partial charge in [-0.15, -0.1) is 0 Å². The van der Waals surface area contributed by atoms with E-state index in [9.17, 15) is 9.90 Å². The summed E-state index contributed by atoms with van der Waals surface area (Å²) in [5.41, 5.74) is 0. The quantitative estimate of drug-likeness (QED) is 0.478. The van der Waals surface area contributed by atoms with E-state index in [1.165, 1.54) is 0 Å². The number of carbonyl (C=O) groups is 1. The summed E-state index contributed by atoms with van der Waals surface area (Å²) in [7, 11) is 1.71. The van der Waals surface area contributed by atoms with Crippen molar-refractivity contribution in [2.75, 3.05) is 7.11 Å². The predicted molar refractivity (Wildman–Crippen MR) is 42.4 cm³/mol. The van der Waals surface area contributed by atoms with Crippen LogP contribution in [0.3, 0.4) is 0 Å². The van der Waals surface area contributed by atoms with E-state index >= 15 is 0 Å². The summed E-state index contributed by atoms with van der Waals surface area (Å²) in [4.78, 5) is 10.3. The van der Waals surface area contributed by atoms with Crippen molar-refractivity contribution in [1.29, 1.82) is 0 Å². The number of methoxy groups -OCH3 is 1. The van der Waals surface area contributed by atoms with Crippen LogP contribution in [0.25, 0.3) is 0 Å². The molecule has 0 N–H and O–H groups in total. The van der Waals surface area contributed by atoms with Gasteiger partial charge in [-0.25, -0.2) is 0 Å². The Labute approximate surface area is 122 Å². The molecule has 0 heterocycles. The molecule has 0 bridgehead atoms. The predicted octanol–water partition coefficient (Wildman–Crippen LogP) is -2.66. The van der Waals surface area contributed by atoms with Crippen LogP contribution in [0.5, 0.6) is 0 Å². The second-order valence-electron chi connectivity index (χ2n) is 3.45. The number of carbonyl (C=O) groups excluding carboxylic acids is 1. The van der Waals surface area contributed by atoms with Gasteiger partial charge < -0.3 is 14.6 Å². The fourth-order valence-electron chi connectivity index (χ4n) is 1.81. The number of ether oxygens (including phenoxy) is 1. The third-order valence-corrected chi connectivity index (χ3v) is 2.58. The van der Waals surface area contributed by atoms with Crippen molar-refractivity contribution in [3.05, 3.63) is 0 Å². The molecule has 0 aliphatic heterocycles. The van der Waals surface area contributed by atoms with Crippen LogP contribution in [-0.2, 0) is 9.53 Å². The molecule has 0 aromatic rings. The van der Waals surface area contributed by atoms with E-state index < -0.39 is 5.97 Å². The first kappa shape index (κ1) is 14.1. The summed E-state index contributed by atoms with van der Waals surface area (Å²) in [6.07, 6.45) is 4.49. The Hall–Kier alpha value is 1.07. The van der Waals surface area contributed by atoms with Crippen molar-refractivity contribution in [3.8, 4) is 0 Å². The van der Waals surface area contributed by atoms with Crippen molar-refractivity contribution < 1.29 is 66.0 Å². The maximum atomic E-state index is 10.3. The largest absolute Gasteiger partial charge is 1.00 e. The fourth-order valence-corrected chi connectivity index (χ4v) is 1.81. The molecule has 1 aliphatic carbocycles. The van der Waals surface area contributed by atoms with Crippen molar-refractivity contribution in [2.45, 2.75) is 38.2 Å². The molecule has 0 aromatic carbocycles. The first-order valence-corrected chi connectivity index (χ1v) is 4.45. The molecule has 1 aliphatic rings. The first-order chi connectivity index (χ1) is 5.72. The second-order valence-corrected chi connectivity index (χ2v) is 3.45. The molecule has 0 unspecified atom stereocenters. The average Bonchev–Trinajstić information content (AvgIpc) is 2.05. The van der Waals surface area contributed by atoms with Gasteiger partial charge in [0.2, 0.25) is 0 Å². The zero-order chi connectivity index (χ0) is 8.97. The van der Waals surface area contributed by atoms with Crippen LogP contribution in [0.4, 0.5) is 0 Å². The van der Waals surface area contributed by atoms with E-state index in [4.69, 9.17) is 4.74 Å². The standard InChI is InChI=1S/C9H16O3.K/c1-12-8-4-2-7(3-5-8)6-9(10)11;/h7-8H,2-6H2,1H3,(H,10,11);/q;+1/p-1. The first-order valence-electron chi connectivity index (χ1n) is 4.45. The van der Waals surface area contributed by atoms with Crippen molar-refractivity contribution >= 4 is 5.97 Å². The van der Waals surface area contributed by atoms with Crippen LogP contribution in [-0.4, -0.2) is 19.2 Å². The molecule has 3 nitrogen and oxygen atoms in total. The van der Waals surface area contributed by atoms with E-state index in [2.05, 4.69) is 0 Å². The molecule has 1 fully saturated rings. The van der Waals surface area contributed by atoms with Crippen molar-refractivity contribution in [3.63, 3.8) is 0 Å². The van der Waals surface area contributed by atoms with Crippen molar-refractivity contribution in [1.82, 2.24) is 0 Å². The zero-order valence-corrected chi connectivity index (χ0v) is 11.5. The van der Waals surface area contributed by atoms with E-state index in [0.29, 0.717) is 12.0 Å². The number of aliphatic carboxylic acids is 1. The summed E-state index contributed by atoms with van der Waals surface area (Å²) < 4.78 is 5.18. The molecule has 0 aromatic heterocycles. The molecule has 13 heavy (non-hydrogen) atoms. The Bertz CT molecular complexity index is 153. The molecule has 0 saturated heterocycles. The number of hydrogen-bond acceptors (Lipinski definition) is 3. The normalized spacial score (nSPS) is 27.8. The van der Waals surface area contributed by atoms with Gasteiger partial charge in [-0.3, -0.25) is 0 Å². The van der Waals surface area contributed by atoms with Gasteiger partial charge in [-0.2, -0.15) is 0 Å². The van der Waals surface area contributed by atoms with Gasteiger partial charge in [0, 0.05) is 13.1 Å². The SMILES string of the molecule is COC1CCC(CC(=O)[O-])CC1.[K+]. The Morgan fingerprint density at radius 2 is 1.92 bits per heavy atom. The zero-order valence-electron chi connectivity index (χ0n) is 8.41. The molecule has 0 spiro atoms. The molecule has 4 heteroatoms. The Balaban J connectivity index is 0.00000144. The van der Waals surface area contributed by atoms with Gasteiger partial charge in [0.05, 0.1) is 6.10 Å². The molecular formula is C9H15KO3. The fraction of sp³-hybridized carbons (Fsp3) is 0.889. The summed E-state index contributed by atoms with van der Waals surface area (Å²) >= 11 is 0. The van der Waals surface area contributed by atoms with Crippen molar-refractivity contribution in [2.24, 2.45) is 5.92 Å². The molecule has 0 atom stereocenters. The molecular weight excluding hydrogens is 195 g/mol. The topological polar surface area (TPSA) is 49.4 Å². The Morgan fingerprint density at radius 1 is 1.38 bits per heavy atom. The van der Waals surface area contributed by atoms with Crippen LogP contribution in [0.1, 0.15) is 32.1 Å². The van der Waals surface area contributed by atoms with Gasteiger partial charge in [-0.1, -0.05) is 0 Å². The van der Waals surface area contributed by atoms with Crippen LogP contribution in [0.15, 0.2) is 0 Å². The van der Waals surface area contributed by atoms with E-state index in [1.807, 2.05) is 0 Å². The Morgan fingerprint density at radius 3 is 2.31 bits per heavy atom. The summed E-state index contributed by atoms with van der Waals surface area (Å²) in [5, 5.41) is 10.3. The number of hydrogen-bond donors (Lipinski definition) is 0. The third-order valence-electron chi connectivity index (χ3n) is 2.58. The maximum Gasteiger partial charge on any atom is 1.00 e. The number of rotatable bonds is 3. The van der Waals surface area contributed by atoms with Gasteiger partial charge >= 0.3 is 51.4 Å². The molecule has 0 amide bonds. The van der Waals surface area contributed by atoms with E-state index in [1.54, 1.807) is 7.11 Å². The molecule has 70 valence electrons. The van der Waals surface area contributed by atoms with Gasteiger partial charge in [0.1, 0.15) is 0 Å². The van der Waals surface area contributed by atoms with Crippen LogP contribution in [0.2, 0.25) is 0 Å². The average molecular weight is 210 g/mol. The minimum absolute atomic E-state index is 0. The van der Waals surface area contributed by atoms with E-state index in [0.717, 1.165) is 25.7 Å². The summed E-state index contributed by atoms with van der Waals surface area (Å²) in [6.45, 7) is 0. The van der Waals surface area contributed by atoms with Crippen LogP contribution >= 0.6 is 0 Å². The minimum Gasteiger partial charge on any atom is -0.550 e. The Kier molecular flexibility index (Phi) is 7.97. The third kappa shape index (κ3) is 5.49. The monoisotopic (exact) mass is 210 g/mol. The minimum atomic E-state index is -0.920. The van der Waals surface area contributed by atoms with Gasteiger partial charge in [-0.05, 0) is 38.0 Å². The maximum absolute atomic E-state index is 10.3. The second kappa shape index (κ2) is 7.37. The smallest absolute Gasteiger partial charge is 0.550 e. The van der Waals surface area contributed by atoms with Gasteiger partial charge in [0.25, 0.3) is 0 Å². The summed E-state index contributed by atoms with van der Waals surface area (Å²) in [6, 6.07) is 0. The van der Waals surface area contributed by atoms with Gasteiger partial charge in [0.15, 0.2) is 0 Å². The molecule has 0 radical (unpaired) electrons. The van der Waals surface area contributed by atoms with Crippen LogP contribution < -0.4 is 56.5 Å². The van der Waals surface area contributed by atoms with Crippen LogP contribution in [0, 0.1) is 5.92 Å². The van der Waals surface area contributed by atoms with E-state index in [-0.39, 0.29) is 57.8 Å².